The number of nitrogens with zero attached hydrogens (tertiary/aromatic N) is 2. The van der Waals surface area contributed by atoms with Crippen LogP contribution in [0.1, 0.15) is 31.2 Å². The Morgan fingerprint density at radius 1 is 0.900 bits per heavy atom. The second-order valence-electron chi connectivity index (χ2n) is 8.66. The Morgan fingerprint density at radius 3 is 2.07 bits per heavy atom. The van der Waals surface area contributed by atoms with E-state index in [0.29, 0.717) is 58.2 Å². The summed E-state index contributed by atoms with van der Waals surface area (Å²) in [6.45, 7) is 3.75. The molecule has 2 fully saturated rings. The van der Waals surface area contributed by atoms with E-state index in [-0.39, 0.29) is 29.5 Å². The first-order chi connectivity index (χ1) is 14.6. The molecule has 2 saturated heterocycles. The standard InChI is InChI=1S/C24H31FN2O3/c25-22-8-4-1-5-19(22)17-18-9-11-26(12-10-18)23(28)20-6-2-3-7-21(20)24(29)27-13-15-30-16-14-27/h1-5,8,18,20-21H,6-7,9-17H2. The molecule has 2 unspecified atom stereocenters. The molecule has 0 N–H and O–H groups in total. The van der Waals surface area contributed by atoms with Gasteiger partial charge < -0.3 is 14.5 Å². The van der Waals surface area contributed by atoms with E-state index >= 15 is 0 Å². The fourth-order valence-corrected chi connectivity index (χ4v) is 4.95. The Morgan fingerprint density at radius 2 is 1.47 bits per heavy atom. The molecule has 0 bridgehead atoms. The van der Waals surface area contributed by atoms with Gasteiger partial charge in [0.15, 0.2) is 0 Å². The Kier molecular flexibility index (Phi) is 6.82. The average Bonchev–Trinajstić information content (AvgIpc) is 2.81. The SMILES string of the molecule is O=C(C1CC=CCC1C(=O)N1CCC(Cc2ccccc2F)CC1)N1CCOCC1. The Balaban J connectivity index is 1.34. The molecule has 3 aliphatic rings. The van der Waals surface area contributed by atoms with Crippen molar-refractivity contribution in [3.8, 4) is 0 Å². The topological polar surface area (TPSA) is 49.9 Å². The number of hydrogen-bond acceptors (Lipinski definition) is 3. The van der Waals surface area contributed by atoms with Gasteiger partial charge in [-0.3, -0.25) is 9.59 Å². The highest BCUT2D eigenvalue weighted by Gasteiger charge is 2.39. The Hall–Kier alpha value is -2.21. The third-order valence-electron chi connectivity index (χ3n) is 6.78. The summed E-state index contributed by atoms with van der Waals surface area (Å²) >= 11 is 0. The molecule has 4 rings (SSSR count). The summed E-state index contributed by atoms with van der Waals surface area (Å²) in [4.78, 5) is 30.2. The first-order valence-electron chi connectivity index (χ1n) is 11.2. The third-order valence-corrected chi connectivity index (χ3v) is 6.78. The van der Waals surface area contributed by atoms with E-state index < -0.39 is 0 Å². The van der Waals surface area contributed by atoms with E-state index in [4.69, 9.17) is 4.74 Å². The van der Waals surface area contributed by atoms with Crippen molar-refractivity contribution in [2.75, 3.05) is 39.4 Å². The highest BCUT2D eigenvalue weighted by molar-refractivity contribution is 5.88. The molecule has 2 aliphatic heterocycles. The first-order valence-corrected chi connectivity index (χ1v) is 11.2. The molecule has 1 aromatic rings. The van der Waals surface area contributed by atoms with E-state index in [1.807, 2.05) is 34.1 Å². The van der Waals surface area contributed by atoms with Crippen LogP contribution >= 0.6 is 0 Å². The molecule has 0 saturated carbocycles. The molecule has 162 valence electrons. The molecular weight excluding hydrogens is 383 g/mol. The maximum absolute atomic E-state index is 13.9. The third kappa shape index (κ3) is 4.75. The highest BCUT2D eigenvalue weighted by atomic mass is 19.1. The van der Waals surface area contributed by atoms with Crippen molar-refractivity contribution < 1.29 is 18.7 Å². The molecule has 1 aliphatic carbocycles. The predicted octanol–water partition coefficient (Wildman–Crippen LogP) is 3.05. The van der Waals surface area contributed by atoms with Crippen molar-refractivity contribution in [3.63, 3.8) is 0 Å². The fraction of sp³-hybridized carbons (Fsp3) is 0.583. The lowest BCUT2D eigenvalue weighted by atomic mass is 9.80. The monoisotopic (exact) mass is 414 g/mol. The Labute approximate surface area is 177 Å². The van der Waals surface area contributed by atoms with E-state index in [2.05, 4.69) is 0 Å². The zero-order valence-corrected chi connectivity index (χ0v) is 17.5. The second kappa shape index (κ2) is 9.73. The van der Waals surface area contributed by atoms with Crippen LogP contribution in [0.4, 0.5) is 4.39 Å². The molecule has 5 nitrogen and oxygen atoms in total. The lowest BCUT2D eigenvalue weighted by Gasteiger charge is -2.38. The van der Waals surface area contributed by atoms with Crippen LogP contribution in [-0.2, 0) is 20.7 Å². The lowest BCUT2D eigenvalue weighted by Crippen LogP contribution is -2.50. The summed E-state index contributed by atoms with van der Waals surface area (Å²) in [5.74, 6) is -0.0895. The van der Waals surface area contributed by atoms with Gasteiger partial charge in [0.05, 0.1) is 25.0 Å². The molecule has 0 aromatic heterocycles. The summed E-state index contributed by atoms with van der Waals surface area (Å²) in [7, 11) is 0. The molecular formula is C24H31FN2O3. The normalized spacial score (nSPS) is 25.4. The number of ether oxygens (including phenoxy) is 1. The molecule has 6 heteroatoms. The summed E-state index contributed by atoms with van der Waals surface area (Å²) in [6, 6.07) is 6.95. The van der Waals surface area contributed by atoms with Crippen LogP contribution in [0, 0.1) is 23.6 Å². The quantitative estimate of drug-likeness (QED) is 0.712. The van der Waals surface area contributed by atoms with Gasteiger partial charge in [-0.05, 0) is 49.7 Å². The maximum Gasteiger partial charge on any atom is 0.226 e. The number of piperidine rings is 1. The van der Waals surface area contributed by atoms with Crippen LogP contribution in [0.15, 0.2) is 36.4 Å². The van der Waals surface area contributed by atoms with E-state index in [0.717, 1.165) is 24.8 Å². The van der Waals surface area contributed by atoms with Crippen molar-refractivity contribution in [1.82, 2.24) is 9.80 Å². The van der Waals surface area contributed by atoms with Crippen LogP contribution in [0.5, 0.6) is 0 Å². The van der Waals surface area contributed by atoms with Gasteiger partial charge in [-0.25, -0.2) is 4.39 Å². The van der Waals surface area contributed by atoms with Gasteiger partial charge in [0.1, 0.15) is 5.82 Å². The maximum atomic E-state index is 13.9. The summed E-state index contributed by atoms with van der Waals surface area (Å²) in [5, 5.41) is 0. The van der Waals surface area contributed by atoms with Crippen LogP contribution in [-0.4, -0.2) is 61.0 Å². The fourth-order valence-electron chi connectivity index (χ4n) is 4.95. The minimum Gasteiger partial charge on any atom is -0.378 e. The molecule has 2 atom stereocenters. The van der Waals surface area contributed by atoms with E-state index in [1.54, 1.807) is 6.07 Å². The average molecular weight is 415 g/mol. The van der Waals surface area contributed by atoms with Crippen LogP contribution in [0.2, 0.25) is 0 Å². The number of carbonyl (C=O) groups excluding carboxylic acids is 2. The molecule has 30 heavy (non-hydrogen) atoms. The number of amides is 2. The smallest absolute Gasteiger partial charge is 0.226 e. The van der Waals surface area contributed by atoms with Crippen LogP contribution in [0.3, 0.4) is 0 Å². The van der Waals surface area contributed by atoms with Gasteiger partial charge in [-0.1, -0.05) is 30.4 Å². The Bertz CT molecular complexity index is 782. The van der Waals surface area contributed by atoms with Crippen molar-refractivity contribution in [1.29, 1.82) is 0 Å². The van der Waals surface area contributed by atoms with Gasteiger partial charge in [-0.15, -0.1) is 0 Å². The number of morpholine rings is 1. The van der Waals surface area contributed by atoms with Gasteiger partial charge in [0.25, 0.3) is 0 Å². The van der Waals surface area contributed by atoms with Gasteiger partial charge >= 0.3 is 0 Å². The summed E-state index contributed by atoms with van der Waals surface area (Å²) in [6.07, 6.45) is 7.82. The number of carbonyl (C=O) groups is 2. The van der Waals surface area contributed by atoms with Crippen molar-refractivity contribution in [2.45, 2.75) is 32.1 Å². The zero-order chi connectivity index (χ0) is 20.9. The second-order valence-corrected chi connectivity index (χ2v) is 8.66. The van der Waals surface area contributed by atoms with Crippen LogP contribution < -0.4 is 0 Å². The van der Waals surface area contributed by atoms with Gasteiger partial charge in [0.2, 0.25) is 11.8 Å². The molecule has 0 spiro atoms. The summed E-state index contributed by atoms with van der Waals surface area (Å²) < 4.78 is 19.3. The molecule has 2 heterocycles. The lowest BCUT2D eigenvalue weighted by molar-refractivity contribution is -0.149. The summed E-state index contributed by atoms with van der Waals surface area (Å²) in [5.41, 5.74) is 0.760. The first kappa shape index (κ1) is 21.0. The van der Waals surface area contributed by atoms with Crippen molar-refractivity contribution in [2.24, 2.45) is 17.8 Å². The molecule has 2 amide bonds. The number of benzene rings is 1. The van der Waals surface area contributed by atoms with Crippen molar-refractivity contribution in [3.05, 3.63) is 47.8 Å². The number of halogens is 1. The number of hydrogen-bond donors (Lipinski definition) is 0. The van der Waals surface area contributed by atoms with E-state index in [1.165, 1.54) is 6.07 Å². The molecule has 1 aromatic carbocycles. The largest absolute Gasteiger partial charge is 0.378 e. The minimum atomic E-state index is -0.270. The molecule has 0 radical (unpaired) electrons. The van der Waals surface area contributed by atoms with Gasteiger partial charge in [0, 0.05) is 26.2 Å². The van der Waals surface area contributed by atoms with E-state index in [9.17, 15) is 14.0 Å². The number of rotatable bonds is 4. The predicted molar refractivity (Wildman–Crippen MR) is 112 cm³/mol. The number of allylic oxidation sites excluding steroid dienone is 2. The highest BCUT2D eigenvalue weighted by Crippen LogP contribution is 2.31. The van der Waals surface area contributed by atoms with Gasteiger partial charge in [-0.2, -0.15) is 0 Å². The van der Waals surface area contributed by atoms with Crippen LogP contribution in [0.25, 0.3) is 0 Å². The zero-order valence-electron chi connectivity index (χ0n) is 17.5. The minimum absolute atomic E-state index is 0.0930. The van der Waals surface area contributed by atoms with Crippen molar-refractivity contribution >= 4 is 11.8 Å². The number of likely N-dealkylation sites (tertiary alicyclic amines) is 1.